The van der Waals surface area contributed by atoms with Crippen LogP contribution in [0.5, 0.6) is 0 Å². The molecule has 0 fully saturated rings. The maximum absolute atomic E-state index is 5.48. The third kappa shape index (κ3) is 4.15. The van der Waals surface area contributed by atoms with E-state index in [1.807, 2.05) is 12.1 Å². The van der Waals surface area contributed by atoms with Gasteiger partial charge in [-0.2, -0.15) is 0 Å². The minimum Gasteiger partial charge on any atom is -0.454 e. The molecule has 0 aliphatic heterocycles. The summed E-state index contributed by atoms with van der Waals surface area (Å²) in [6.45, 7) is 10.9. The van der Waals surface area contributed by atoms with Gasteiger partial charge in [0.2, 0.25) is 0 Å². The number of hydrogen-bond donors (Lipinski definition) is 1. The van der Waals surface area contributed by atoms with Gasteiger partial charge in [-0.15, -0.1) is 0 Å². The summed E-state index contributed by atoms with van der Waals surface area (Å²) in [5.41, 5.74) is 0.333. The molecule has 0 aliphatic rings. The highest BCUT2D eigenvalue weighted by atomic mass is 127. The third-order valence-electron chi connectivity index (χ3n) is 3.07. The number of rotatable bonds is 5. The summed E-state index contributed by atoms with van der Waals surface area (Å²) in [6, 6.07) is 4.02. The Balaban J connectivity index is 2.33. The molecule has 1 aromatic heterocycles. The van der Waals surface area contributed by atoms with E-state index in [4.69, 9.17) is 4.42 Å². The van der Waals surface area contributed by atoms with E-state index in [0.717, 1.165) is 22.6 Å². The highest BCUT2D eigenvalue weighted by molar-refractivity contribution is 14.1. The molecular weight excluding hydrogens is 301 g/mol. The van der Waals surface area contributed by atoms with Gasteiger partial charge < -0.3 is 9.73 Å². The van der Waals surface area contributed by atoms with Gasteiger partial charge in [0, 0.05) is 6.54 Å². The van der Waals surface area contributed by atoms with Gasteiger partial charge >= 0.3 is 0 Å². The molecule has 15 heavy (non-hydrogen) atoms. The summed E-state index contributed by atoms with van der Waals surface area (Å²) in [5.74, 6) is 1.70. The SMILES string of the molecule is CC(C)C(C)(C)CNCc1ccc(I)o1. The molecule has 0 spiro atoms. The van der Waals surface area contributed by atoms with Gasteiger partial charge in [0.15, 0.2) is 3.77 Å². The Morgan fingerprint density at radius 2 is 2.07 bits per heavy atom. The Hall–Kier alpha value is -0.0300. The highest BCUT2D eigenvalue weighted by Crippen LogP contribution is 2.24. The third-order valence-corrected chi connectivity index (χ3v) is 3.65. The molecule has 0 unspecified atom stereocenters. The quantitative estimate of drug-likeness (QED) is 0.838. The van der Waals surface area contributed by atoms with Crippen LogP contribution >= 0.6 is 22.6 Å². The number of furan rings is 1. The van der Waals surface area contributed by atoms with Gasteiger partial charge in [0.25, 0.3) is 0 Å². The fourth-order valence-corrected chi connectivity index (χ4v) is 1.62. The van der Waals surface area contributed by atoms with Crippen LogP contribution in [0.4, 0.5) is 0 Å². The summed E-state index contributed by atoms with van der Waals surface area (Å²) >= 11 is 2.18. The Morgan fingerprint density at radius 1 is 1.40 bits per heavy atom. The standard InChI is InChI=1S/C12H20INO/c1-9(2)12(3,4)8-14-7-10-5-6-11(13)15-10/h5-6,9,14H,7-8H2,1-4H3. The molecule has 0 atom stereocenters. The predicted octanol–water partition coefficient (Wildman–Crippen LogP) is 3.66. The maximum atomic E-state index is 5.48. The average molecular weight is 321 g/mol. The normalized spacial score (nSPS) is 12.4. The van der Waals surface area contributed by atoms with Crippen LogP contribution in [0.25, 0.3) is 0 Å². The molecule has 1 N–H and O–H groups in total. The Labute approximate surface area is 106 Å². The van der Waals surface area contributed by atoms with Gasteiger partial charge in [-0.25, -0.2) is 0 Å². The van der Waals surface area contributed by atoms with Crippen molar-refractivity contribution in [2.75, 3.05) is 6.54 Å². The first kappa shape index (κ1) is 13.0. The molecule has 3 heteroatoms. The first-order valence-electron chi connectivity index (χ1n) is 5.37. The van der Waals surface area contributed by atoms with Crippen molar-refractivity contribution in [2.45, 2.75) is 34.2 Å². The van der Waals surface area contributed by atoms with E-state index < -0.39 is 0 Å². The first-order valence-corrected chi connectivity index (χ1v) is 6.44. The number of nitrogens with one attached hydrogen (secondary N) is 1. The van der Waals surface area contributed by atoms with Crippen molar-refractivity contribution < 1.29 is 4.42 Å². The zero-order chi connectivity index (χ0) is 11.5. The zero-order valence-corrected chi connectivity index (χ0v) is 12.1. The molecule has 0 aliphatic carbocycles. The topological polar surface area (TPSA) is 25.2 Å². The van der Waals surface area contributed by atoms with Crippen LogP contribution in [0.15, 0.2) is 16.5 Å². The lowest BCUT2D eigenvalue weighted by Gasteiger charge is -2.29. The van der Waals surface area contributed by atoms with Crippen molar-refractivity contribution >= 4 is 22.6 Å². The van der Waals surface area contributed by atoms with E-state index in [1.165, 1.54) is 0 Å². The molecule has 0 aromatic carbocycles. The molecule has 2 nitrogen and oxygen atoms in total. The largest absolute Gasteiger partial charge is 0.454 e. The van der Waals surface area contributed by atoms with Crippen LogP contribution in [0.1, 0.15) is 33.5 Å². The highest BCUT2D eigenvalue weighted by Gasteiger charge is 2.21. The van der Waals surface area contributed by atoms with Crippen LogP contribution < -0.4 is 5.32 Å². The van der Waals surface area contributed by atoms with Gasteiger partial charge in [0.05, 0.1) is 6.54 Å². The molecule has 1 aromatic rings. The zero-order valence-electron chi connectivity index (χ0n) is 9.93. The summed E-state index contributed by atoms with van der Waals surface area (Å²) < 4.78 is 6.43. The second-order valence-electron chi connectivity index (χ2n) is 4.95. The second kappa shape index (κ2) is 5.34. The lowest BCUT2D eigenvalue weighted by molar-refractivity contribution is 0.235. The van der Waals surface area contributed by atoms with Crippen LogP contribution in [-0.4, -0.2) is 6.54 Å². The molecular formula is C12H20INO. The number of halogens is 1. The monoisotopic (exact) mass is 321 g/mol. The van der Waals surface area contributed by atoms with E-state index in [9.17, 15) is 0 Å². The smallest absolute Gasteiger partial charge is 0.164 e. The Kier molecular flexibility index (Phi) is 4.64. The Morgan fingerprint density at radius 3 is 2.53 bits per heavy atom. The van der Waals surface area contributed by atoms with Gasteiger partial charge in [0.1, 0.15) is 5.76 Å². The lowest BCUT2D eigenvalue weighted by atomic mass is 9.81. The molecule has 0 saturated heterocycles. The minimum atomic E-state index is 0.333. The Bertz CT molecular complexity index is 304. The van der Waals surface area contributed by atoms with Crippen molar-refractivity contribution in [1.29, 1.82) is 0 Å². The number of hydrogen-bond acceptors (Lipinski definition) is 2. The molecule has 0 amide bonds. The van der Waals surface area contributed by atoms with Crippen molar-refractivity contribution in [3.05, 3.63) is 21.7 Å². The summed E-state index contributed by atoms with van der Waals surface area (Å²) in [6.07, 6.45) is 0. The molecule has 0 saturated carbocycles. The minimum absolute atomic E-state index is 0.333. The van der Waals surface area contributed by atoms with Gasteiger partial charge in [-0.1, -0.05) is 27.7 Å². The first-order chi connectivity index (χ1) is 6.92. The van der Waals surface area contributed by atoms with Crippen molar-refractivity contribution in [2.24, 2.45) is 11.3 Å². The van der Waals surface area contributed by atoms with Gasteiger partial charge in [-0.3, -0.25) is 0 Å². The van der Waals surface area contributed by atoms with E-state index in [1.54, 1.807) is 0 Å². The van der Waals surface area contributed by atoms with Crippen molar-refractivity contribution in [3.8, 4) is 0 Å². The molecule has 1 heterocycles. The summed E-state index contributed by atoms with van der Waals surface area (Å²) in [4.78, 5) is 0. The van der Waals surface area contributed by atoms with E-state index in [2.05, 4.69) is 55.6 Å². The van der Waals surface area contributed by atoms with E-state index in [-0.39, 0.29) is 0 Å². The predicted molar refractivity (Wildman–Crippen MR) is 71.8 cm³/mol. The fourth-order valence-electron chi connectivity index (χ4n) is 1.16. The van der Waals surface area contributed by atoms with Crippen molar-refractivity contribution in [3.63, 3.8) is 0 Å². The lowest BCUT2D eigenvalue weighted by Crippen LogP contribution is -2.33. The van der Waals surface area contributed by atoms with Crippen LogP contribution in [-0.2, 0) is 6.54 Å². The fraction of sp³-hybridized carbons (Fsp3) is 0.667. The van der Waals surface area contributed by atoms with Crippen LogP contribution in [0, 0.1) is 15.1 Å². The van der Waals surface area contributed by atoms with E-state index >= 15 is 0 Å². The van der Waals surface area contributed by atoms with Crippen LogP contribution in [0.2, 0.25) is 0 Å². The second-order valence-corrected chi connectivity index (χ2v) is 6.02. The summed E-state index contributed by atoms with van der Waals surface area (Å²) in [5, 5.41) is 3.44. The van der Waals surface area contributed by atoms with E-state index in [0.29, 0.717) is 11.3 Å². The van der Waals surface area contributed by atoms with Crippen molar-refractivity contribution in [1.82, 2.24) is 5.32 Å². The summed E-state index contributed by atoms with van der Waals surface area (Å²) in [7, 11) is 0. The van der Waals surface area contributed by atoms with Crippen LogP contribution in [0.3, 0.4) is 0 Å². The molecule has 0 bridgehead atoms. The molecule has 86 valence electrons. The molecule has 0 radical (unpaired) electrons. The maximum Gasteiger partial charge on any atom is 0.164 e. The average Bonchev–Trinajstić information content (AvgIpc) is 2.51. The van der Waals surface area contributed by atoms with Gasteiger partial charge in [-0.05, 0) is 46.1 Å². The molecule has 1 rings (SSSR count).